The van der Waals surface area contributed by atoms with Gasteiger partial charge in [-0.2, -0.15) is 0 Å². The minimum absolute atomic E-state index is 0.145. The Hall–Kier alpha value is -0.340. The normalized spacial score (nSPS) is 20.5. The first-order valence-electron chi connectivity index (χ1n) is 6.09. The molecule has 0 aromatic rings. The molecule has 1 saturated heterocycles. The van der Waals surface area contributed by atoms with Gasteiger partial charge < -0.3 is 5.73 Å². The van der Waals surface area contributed by atoms with Crippen molar-refractivity contribution in [2.45, 2.75) is 58.0 Å². The number of hydrogen-bond acceptors (Lipinski definition) is 2. The van der Waals surface area contributed by atoms with E-state index in [-0.39, 0.29) is 11.6 Å². The van der Waals surface area contributed by atoms with E-state index in [1.165, 1.54) is 31.5 Å². The van der Waals surface area contributed by atoms with Gasteiger partial charge in [0.25, 0.3) is 0 Å². The second kappa shape index (κ2) is 5.13. The van der Waals surface area contributed by atoms with E-state index in [1.54, 1.807) is 0 Å². The van der Waals surface area contributed by atoms with Crippen LogP contribution >= 0.6 is 0 Å². The molecule has 1 rings (SSSR count). The molecule has 15 heavy (non-hydrogen) atoms. The van der Waals surface area contributed by atoms with E-state index in [0.717, 1.165) is 12.8 Å². The summed E-state index contributed by atoms with van der Waals surface area (Å²) in [6.07, 6.45) is 4.77. The number of nitrogens with two attached hydrogens (primary N) is 1. The van der Waals surface area contributed by atoms with Crippen LogP contribution in [0.3, 0.4) is 0 Å². The first-order valence-corrected chi connectivity index (χ1v) is 6.09. The van der Waals surface area contributed by atoms with Crippen LogP contribution < -0.4 is 5.73 Å². The molecule has 0 radical (unpaired) electrons. The van der Waals surface area contributed by atoms with Crippen LogP contribution in [0, 0.1) is 0 Å². The molecule has 0 spiro atoms. The van der Waals surface area contributed by atoms with Gasteiger partial charge in [0.2, 0.25) is 0 Å². The number of allylic oxidation sites excluding steroid dienone is 1. The Balaban J connectivity index is 2.47. The summed E-state index contributed by atoms with van der Waals surface area (Å²) in [6, 6.07) is 0.257. The lowest BCUT2D eigenvalue weighted by atomic mass is 9.89. The molecule has 1 aliphatic rings. The van der Waals surface area contributed by atoms with Gasteiger partial charge >= 0.3 is 0 Å². The summed E-state index contributed by atoms with van der Waals surface area (Å²) in [5.41, 5.74) is 7.68. The lowest BCUT2D eigenvalue weighted by Crippen LogP contribution is -2.55. The summed E-state index contributed by atoms with van der Waals surface area (Å²) in [5.74, 6) is 0. The molecule has 0 bridgehead atoms. The quantitative estimate of drug-likeness (QED) is 0.707. The molecule has 2 heteroatoms. The van der Waals surface area contributed by atoms with E-state index in [2.05, 4.69) is 32.3 Å². The van der Waals surface area contributed by atoms with Crippen molar-refractivity contribution in [1.29, 1.82) is 0 Å². The highest BCUT2D eigenvalue weighted by Crippen LogP contribution is 2.25. The lowest BCUT2D eigenvalue weighted by molar-refractivity contribution is 0.120. The van der Waals surface area contributed by atoms with E-state index in [0.29, 0.717) is 0 Å². The molecule has 2 nitrogen and oxygen atoms in total. The van der Waals surface area contributed by atoms with Crippen molar-refractivity contribution < 1.29 is 0 Å². The highest BCUT2D eigenvalue weighted by molar-refractivity contribution is 4.97. The topological polar surface area (TPSA) is 29.3 Å². The standard InChI is InChI=1S/C13H26N2/c1-11(2)7-8-12(14)13(3,4)15-9-5-6-10-15/h12H,1,5-10,14H2,2-4H3. The van der Waals surface area contributed by atoms with Gasteiger partial charge in [0, 0.05) is 11.6 Å². The molecule has 0 aromatic carbocycles. The minimum atomic E-state index is 0.145. The van der Waals surface area contributed by atoms with Crippen molar-refractivity contribution in [3.8, 4) is 0 Å². The summed E-state index contributed by atoms with van der Waals surface area (Å²) < 4.78 is 0. The number of rotatable bonds is 5. The van der Waals surface area contributed by atoms with E-state index in [4.69, 9.17) is 5.73 Å². The third-order valence-electron chi connectivity index (χ3n) is 3.71. The third-order valence-corrected chi connectivity index (χ3v) is 3.71. The van der Waals surface area contributed by atoms with Crippen molar-refractivity contribution >= 4 is 0 Å². The average Bonchev–Trinajstić information content (AvgIpc) is 2.66. The van der Waals surface area contributed by atoms with Crippen LogP contribution in [-0.2, 0) is 0 Å². The van der Waals surface area contributed by atoms with Crippen molar-refractivity contribution in [2.24, 2.45) is 5.73 Å². The lowest BCUT2D eigenvalue weighted by Gasteiger charge is -2.40. The van der Waals surface area contributed by atoms with Gasteiger partial charge in [-0.25, -0.2) is 0 Å². The zero-order valence-corrected chi connectivity index (χ0v) is 10.6. The SMILES string of the molecule is C=C(C)CCC(N)C(C)(C)N1CCCC1. The van der Waals surface area contributed by atoms with Crippen molar-refractivity contribution in [3.05, 3.63) is 12.2 Å². The monoisotopic (exact) mass is 210 g/mol. The first-order chi connectivity index (χ1) is 6.94. The highest BCUT2D eigenvalue weighted by atomic mass is 15.2. The predicted molar refractivity (Wildman–Crippen MR) is 66.9 cm³/mol. The molecule has 0 aromatic heterocycles. The van der Waals surface area contributed by atoms with Crippen LogP contribution in [0.4, 0.5) is 0 Å². The van der Waals surface area contributed by atoms with Gasteiger partial charge in [0.05, 0.1) is 0 Å². The van der Waals surface area contributed by atoms with Crippen LogP contribution in [0.1, 0.15) is 46.5 Å². The van der Waals surface area contributed by atoms with Crippen LogP contribution in [-0.4, -0.2) is 29.6 Å². The van der Waals surface area contributed by atoms with Crippen LogP contribution in [0.5, 0.6) is 0 Å². The van der Waals surface area contributed by atoms with E-state index in [1.807, 2.05) is 0 Å². The maximum atomic E-state index is 6.30. The predicted octanol–water partition coefficient (Wildman–Crippen LogP) is 2.54. The second-order valence-corrected chi connectivity index (χ2v) is 5.45. The Bertz CT molecular complexity index is 215. The molecule has 0 amide bonds. The Kier molecular flexibility index (Phi) is 4.35. The molecule has 2 N–H and O–H groups in total. The smallest absolute Gasteiger partial charge is 0.0304 e. The fourth-order valence-electron chi connectivity index (χ4n) is 2.28. The van der Waals surface area contributed by atoms with Gasteiger partial charge in [0.1, 0.15) is 0 Å². The molecule has 0 saturated carbocycles. The van der Waals surface area contributed by atoms with Crippen LogP contribution in [0.15, 0.2) is 12.2 Å². The fourth-order valence-corrected chi connectivity index (χ4v) is 2.28. The zero-order chi connectivity index (χ0) is 11.5. The number of nitrogens with zero attached hydrogens (tertiary/aromatic N) is 1. The summed E-state index contributed by atoms with van der Waals surface area (Å²) in [5, 5.41) is 0. The number of likely N-dealkylation sites (tertiary alicyclic amines) is 1. The van der Waals surface area contributed by atoms with Gasteiger partial charge in [-0.1, -0.05) is 5.57 Å². The second-order valence-electron chi connectivity index (χ2n) is 5.45. The van der Waals surface area contributed by atoms with Gasteiger partial charge in [-0.3, -0.25) is 4.90 Å². The molecular formula is C13H26N2. The number of hydrogen-bond donors (Lipinski definition) is 1. The van der Waals surface area contributed by atoms with E-state index in [9.17, 15) is 0 Å². The average molecular weight is 210 g/mol. The van der Waals surface area contributed by atoms with Crippen LogP contribution in [0.25, 0.3) is 0 Å². The maximum absolute atomic E-state index is 6.30. The van der Waals surface area contributed by atoms with Crippen molar-refractivity contribution in [3.63, 3.8) is 0 Å². The largest absolute Gasteiger partial charge is 0.326 e. The molecule has 0 aliphatic carbocycles. The molecule has 1 aliphatic heterocycles. The first kappa shape index (κ1) is 12.7. The Morgan fingerprint density at radius 3 is 2.40 bits per heavy atom. The Morgan fingerprint density at radius 2 is 1.93 bits per heavy atom. The van der Waals surface area contributed by atoms with E-state index >= 15 is 0 Å². The highest BCUT2D eigenvalue weighted by Gasteiger charge is 2.34. The van der Waals surface area contributed by atoms with Gasteiger partial charge in [-0.15, -0.1) is 6.58 Å². The summed E-state index contributed by atoms with van der Waals surface area (Å²) in [6.45, 7) is 13.0. The third kappa shape index (κ3) is 3.32. The van der Waals surface area contributed by atoms with Crippen molar-refractivity contribution in [2.75, 3.05) is 13.1 Å². The van der Waals surface area contributed by atoms with Crippen molar-refractivity contribution in [1.82, 2.24) is 4.90 Å². The molecule has 1 heterocycles. The molecule has 1 fully saturated rings. The zero-order valence-electron chi connectivity index (χ0n) is 10.6. The summed E-state index contributed by atoms with van der Waals surface area (Å²) in [4.78, 5) is 2.54. The van der Waals surface area contributed by atoms with Crippen LogP contribution in [0.2, 0.25) is 0 Å². The maximum Gasteiger partial charge on any atom is 0.0304 e. The molecule has 1 unspecified atom stereocenters. The molecule has 88 valence electrons. The van der Waals surface area contributed by atoms with E-state index < -0.39 is 0 Å². The Morgan fingerprint density at radius 1 is 1.40 bits per heavy atom. The fraction of sp³-hybridized carbons (Fsp3) is 0.846. The molecular weight excluding hydrogens is 184 g/mol. The summed E-state index contributed by atoms with van der Waals surface area (Å²) >= 11 is 0. The van der Waals surface area contributed by atoms with Gasteiger partial charge in [0.15, 0.2) is 0 Å². The molecule has 1 atom stereocenters. The van der Waals surface area contributed by atoms with Gasteiger partial charge in [-0.05, 0) is 59.5 Å². The Labute approximate surface area is 94.5 Å². The minimum Gasteiger partial charge on any atom is -0.326 e. The summed E-state index contributed by atoms with van der Waals surface area (Å²) in [7, 11) is 0.